The second kappa shape index (κ2) is 9.91. The lowest BCUT2D eigenvalue weighted by Crippen LogP contribution is -2.57. The number of carbonyl (C=O) groups excluding carboxylic acids is 1. The number of rotatable bonds is 1. The van der Waals surface area contributed by atoms with Crippen molar-refractivity contribution in [3.8, 4) is 0 Å². The number of esters is 1. The molecule has 1 rings (SSSR count). The highest BCUT2D eigenvalue weighted by atomic mass is 16.6. The van der Waals surface area contributed by atoms with Crippen LogP contribution in [0.2, 0.25) is 0 Å². The number of hydrogen-bond acceptors (Lipinski definition) is 9. The monoisotopic (exact) mass is 433 g/mol. The first-order valence-electron chi connectivity index (χ1n) is 10.5. The fourth-order valence-electron chi connectivity index (χ4n) is 4.55. The summed E-state index contributed by atoms with van der Waals surface area (Å²) in [4.78, 5) is 12.6. The zero-order chi connectivity index (χ0) is 23.6. The van der Waals surface area contributed by atoms with Crippen molar-refractivity contribution in [1.82, 2.24) is 0 Å². The Bertz CT molecular complexity index is 620. The SMILES string of the molecule is CC[C@@H]1OC(=O)[C@H](C)[C@H](O)[C@H](C)[C@H](O)[C@](C)(O)C[C@H](C)/C(=N/O)[C@H](C)[C@H](O)[C@]1(C)O. The minimum atomic E-state index is -1.87. The molecule has 176 valence electrons. The Morgan fingerprint density at radius 1 is 1.03 bits per heavy atom. The Balaban J connectivity index is 3.50. The molecule has 10 atom stereocenters. The summed E-state index contributed by atoms with van der Waals surface area (Å²) in [6.45, 7) is 10.6. The molecule has 1 heterocycles. The molecule has 0 aromatic heterocycles. The maximum atomic E-state index is 12.6. The molecule has 1 aliphatic heterocycles. The van der Waals surface area contributed by atoms with Gasteiger partial charge in [0.2, 0.25) is 0 Å². The Kier molecular flexibility index (Phi) is 8.84. The van der Waals surface area contributed by atoms with Crippen LogP contribution in [0, 0.1) is 23.7 Å². The zero-order valence-corrected chi connectivity index (χ0v) is 19.0. The summed E-state index contributed by atoms with van der Waals surface area (Å²) in [5, 5.41) is 67.0. The quantitative estimate of drug-likeness (QED) is 0.200. The average molecular weight is 434 g/mol. The van der Waals surface area contributed by atoms with Gasteiger partial charge >= 0.3 is 5.97 Å². The number of ether oxygens (including phenoxy) is 1. The van der Waals surface area contributed by atoms with Crippen LogP contribution in [0.25, 0.3) is 0 Å². The fraction of sp³-hybridized carbons (Fsp3) is 0.905. The van der Waals surface area contributed by atoms with E-state index < -0.39 is 65.3 Å². The molecule has 9 nitrogen and oxygen atoms in total. The van der Waals surface area contributed by atoms with Gasteiger partial charge in [0.25, 0.3) is 0 Å². The summed E-state index contributed by atoms with van der Waals surface area (Å²) in [6.07, 6.45) is -5.11. The van der Waals surface area contributed by atoms with Crippen LogP contribution in [0.5, 0.6) is 0 Å². The van der Waals surface area contributed by atoms with E-state index in [4.69, 9.17) is 4.74 Å². The third-order valence-corrected chi connectivity index (χ3v) is 6.72. The number of hydrogen-bond donors (Lipinski definition) is 6. The Morgan fingerprint density at radius 3 is 2.03 bits per heavy atom. The van der Waals surface area contributed by atoms with Gasteiger partial charge in [-0.15, -0.1) is 0 Å². The highest BCUT2D eigenvalue weighted by Crippen LogP contribution is 2.34. The zero-order valence-electron chi connectivity index (χ0n) is 19.0. The number of nitrogens with zero attached hydrogens (tertiary/aromatic N) is 1. The summed E-state index contributed by atoms with van der Waals surface area (Å²) >= 11 is 0. The van der Waals surface area contributed by atoms with E-state index in [0.29, 0.717) is 0 Å². The van der Waals surface area contributed by atoms with Gasteiger partial charge < -0.3 is 35.5 Å². The van der Waals surface area contributed by atoms with Crippen molar-refractivity contribution in [2.24, 2.45) is 28.8 Å². The van der Waals surface area contributed by atoms with E-state index in [1.807, 2.05) is 0 Å². The van der Waals surface area contributed by atoms with Crippen LogP contribution in [0.15, 0.2) is 5.16 Å². The molecule has 0 aromatic rings. The second-order valence-electron chi connectivity index (χ2n) is 9.36. The lowest BCUT2D eigenvalue weighted by atomic mass is 9.74. The van der Waals surface area contributed by atoms with E-state index in [1.54, 1.807) is 20.8 Å². The van der Waals surface area contributed by atoms with E-state index in [0.717, 1.165) is 0 Å². The molecule has 1 fully saturated rings. The molecule has 0 amide bonds. The largest absolute Gasteiger partial charge is 0.459 e. The van der Waals surface area contributed by atoms with Crippen LogP contribution < -0.4 is 0 Å². The minimum absolute atomic E-state index is 0.0418. The first kappa shape index (κ1) is 26.8. The number of oxime groups is 1. The molecule has 0 bridgehead atoms. The molecule has 0 unspecified atom stereocenters. The Morgan fingerprint density at radius 2 is 1.57 bits per heavy atom. The molecule has 0 aromatic carbocycles. The Labute approximate surface area is 178 Å². The predicted octanol–water partition coefficient (Wildman–Crippen LogP) is 0.671. The molecule has 1 saturated heterocycles. The number of aliphatic hydroxyl groups is 5. The molecule has 0 saturated carbocycles. The van der Waals surface area contributed by atoms with Gasteiger partial charge in [0, 0.05) is 17.8 Å². The van der Waals surface area contributed by atoms with Crippen molar-refractivity contribution >= 4 is 11.7 Å². The third kappa shape index (κ3) is 5.31. The van der Waals surface area contributed by atoms with Crippen LogP contribution in [-0.4, -0.2) is 78.0 Å². The van der Waals surface area contributed by atoms with Gasteiger partial charge in [-0.1, -0.05) is 32.9 Å². The smallest absolute Gasteiger partial charge is 0.311 e. The van der Waals surface area contributed by atoms with Crippen molar-refractivity contribution < 1.29 is 40.3 Å². The second-order valence-corrected chi connectivity index (χ2v) is 9.36. The predicted molar refractivity (Wildman–Crippen MR) is 110 cm³/mol. The maximum Gasteiger partial charge on any atom is 0.311 e. The Hall–Kier alpha value is -1.26. The minimum Gasteiger partial charge on any atom is -0.459 e. The third-order valence-electron chi connectivity index (χ3n) is 6.72. The van der Waals surface area contributed by atoms with Gasteiger partial charge in [-0.3, -0.25) is 4.79 Å². The molecule has 30 heavy (non-hydrogen) atoms. The highest BCUT2D eigenvalue weighted by Gasteiger charge is 2.48. The maximum absolute atomic E-state index is 12.6. The van der Waals surface area contributed by atoms with Crippen LogP contribution in [-0.2, 0) is 9.53 Å². The van der Waals surface area contributed by atoms with Crippen LogP contribution in [0.4, 0.5) is 0 Å². The number of aliphatic hydroxyl groups excluding tert-OH is 3. The van der Waals surface area contributed by atoms with Gasteiger partial charge in [-0.2, -0.15) is 0 Å². The van der Waals surface area contributed by atoms with E-state index in [9.17, 15) is 35.5 Å². The normalized spacial score (nSPS) is 48.8. The summed E-state index contributed by atoms with van der Waals surface area (Å²) in [5.74, 6) is -4.14. The summed E-state index contributed by atoms with van der Waals surface area (Å²) in [6, 6.07) is 0. The van der Waals surface area contributed by atoms with E-state index in [2.05, 4.69) is 5.16 Å². The topological polar surface area (TPSA) is 160 Å². The van der Waals surface area contributed by atoms with Crippen LogP contribution in [0.1, 0.15) is 61.3 Å². The molecular weight excluding hydrogens is 394 g/mol. The molecule has 0 aliphatic carbocycles. The lowest BCUT2D eigenvalue weighted by molar-refractivity contribution is -0.191. The summed E-state index contributed by atoms with van der Waals surface area (Å²) in [7, 11) is 0. The molecule has 0 radical (unpaired) electrons. The summed E-state index contributed by atoms with van der Waals surface area (Å²) in [5.41, 5.74) is -3.44. The average Bonchev–Trinajstić information content (AvgIpc) is 2.67. The van der Waals surface area contributed by atoms with E-state index in [-0.39, 0.29) is 18.6 Å². The van der Waals surface area contributed by atoms with Crippen molar-refractivity contribution in [2.45, 2.75) is 96.9 Å². The standard InChI is InChI=1S/C21H39NO8/c1-8-14-21(7,28)18(25)11(3)15(22-29)10(2)9-20(6,27)17(24)12(4)16(23)13(5)19(26)30-14/h10-14,16-18,23-25,27-29H,8-9H2,1-7H3/b22-15-/t10-,11-,12-,13+,14-,16+,17-,18-,20+,21+/m0/s1. The molecule has 9 heteroatoms. The molecular formula is C21H39NO8. The van der Waals surface area contributed by atoms with Crippen molar-refractivity contribution in [2.75, 3.05) is 0 Å². The van der Waals surface area contributed by atoms with Gasteiger partial charge in [-0.25, -0.2) is 0 Å². The van der Waals surface area contributed by atoms with E-state index in [1.165, 1.54) is 27.7 Å². The van der Waals surface area contributed by atoms with Gasteiger partial charge in [0.15, 0.2) is 0 Å². The van der Waals surface area contributed by atoms with E-state index >= 15 is 0 Å². The van der Waals surface area contributed by atoms with Crippen molar-refractivity contribution in [1.29, 1.82) is 0 Å². The first-order valence-corrected chi connectivity index (χ1v) is 10.5. The van der Waals surface area contributed by atoms with Gasteiger partial charge in [0.1, 0.15) is 11.7 Å². The van der Waals surface area contributed by atoms with Crippen molar-refractivity contribution in [3.63, 3.8) is 0 Å². The first-order chi connectivity index (χ1) is 13.6. The molecule has 0 spiro atoms. The fourth-order valence-corrected chi connectivity index (χ4v) is 4.55. The number of carbonyl (C=O) groups is 1. The van der Waals surface area contributed by atoms with Gasteiger partial charge in [0.05, 0.1) is 35.5 Å². The molecule has 1 aliphatic rings. The van der Waals surface area contributed by atoms with Crippen LogP contribution >= 0.6 is 0 Å². The lowest BCUT2D eigenvalue weighted by Gasteiger charge is -2.42. The summed E-state index contributed by atoms with van der Waals surface area (Å²) < 4.78 is 5.44. The number of cyclic esters (lactones) is 1. The van der Waals surface area contributed by atoms with Gasteiger partial charge in [-0.05, 0) is 33.6 Å². The highest BCUT2D eigenvalue weighted by molar-refractivity contribution is 5.88. The van der Waals surface area contributed by atoms with Crippen molar-refractivity contribution in [3.05, 3.63) is 0 Å². The van der Waals surface area contributed by atoms with Crippen LogP contribution in [0.3, 0.4) is 0 Å². The molecule has 6 N–H and O–H groups in total.